The minimum Gasteiger partial charge on any atom is -0.468 e. The number of ether oxygens (including phenoxy) is 1. The number of furan rings is 1. The molecule has 0 aliphatic rings. The van der Waals surface area contributed by atoms with Gasteiger partial charge in [0.15, 0.2) is 0 Å². The van der Waals surface area contributed by atoms with Gasteiger partial charge in [-0.3, -0.25) is 4.90 Å². The van der Waals surface area contributed by atoms with Gasteiger partial charge in [0.05, 0.1) is 18.9 Å². The Morgan fingerprint density at radius 2 is 2.38 bits per heavy atom. The highest BCUT2D eigenvalue weighted by Crippen LogP contribution is 2.07. The second-order valence-electron chi connectivity index (χ2n) is 3.83. The van der Waals surface area contributed by atoms with Gasteiger partial charge in [-0.2, -0.15) is 0 Å². The van der Waals surface area contributed by atoms with E-state index in [1.165, 1.54) is 0 Å². The summed E-state index contributed by atoms with van der Waals surface area (Å²) in [5, 5.41) is 0. The van der Waals surface area contributed by atoms with Gasteiger partial charge < -0.3 is 14.9 Å². The summed E-state index contributed by atoms with van der Waals surface area (Å²) in [6.07, 6.45) is 2.83. The van der Waals surface area contributed by atoms with Crippen molar-refractivity contribution < 1.29 is 9.15 Å². The van der Waals surface area contributed by atoms with E-state index >= 15 is 0 Å². The topological polar surface area (TPSA) is 51.6 Å². The van der Waals surface area contributed by atoms with E-state index in [1.807, 2.05) is 12.1 Å². The van der Waals surface area contributed by atoms with E-state index in [0.29, 0.717) is 6.54 Å². The molecule has 0 saturated carbocycles. The lowest BCUT2D eigenvalue weighted by Gasteiger charge is -2.21. The summed E-state index contributed by atoms with van der Waals surface area (Å²) in [6, 6.07) is 3.92. The molecule has 0 bridgehead atoms. The first-order valence-electron chi connectivity index (χ1n) is 5.77. The minimum atomic E-state index is 0.158. The van der Waals surface area contributed by atoms with Gasteiger partial charge in [-0.25, -0.2) is 0 Å². The molecule has 4 heteroatoms. The summed E-state index contributed by atoms with van der Waals surface area (Å²) in [5.74, 6) is 1.00. The van der Waals surface area contributed by atoms with Crippen LogP contribution in [0.5, 0.6) is 0 Å². The Bertz CT molecular complexity index is 258. The van der Waals surface area contributed by atoms with Crippen molar-refractivity contribution in [2.45, 2.75) is 26.0 Å². The maximum Gasteiger partial charge on any atom is 0.117 e. The maximum atomic E-state index is 5.58. The molecule has 0 amide bonds. The van der Waals surface area contributed by atoms with Crippen LogP contribution in [0, 0.1) is 0 Å². The summed E-state index contributed by atoms with van der Waals surface area (Å²) in [6.45, 7) is 5.56. The van der Waals surface area contributed by atoms with E-state index in [-0.39, 0.29) is 6.10 Å². The number of hydrogen-bond donors (Lipinski definition) is 1. The molecule has 0 radical (unpaired) electrons. The predicted octanol–water partition coefficient (Wildman–Crippen LogP) is 1.47. The van der Waals surface area contributed by atoms with Crippen LogP contribution in [0.1, 0.15) is 19.1 Å². The van der Waals surface area contributed by atoms with Gasteiger partial charge in [0.25, 0.3) is 0 Å². The average molecular weight is 226 g/mol. The van der Waals surface area contributed by atoms with E-state index in [9.17, 15) is 0 Å². The standard InChI is InChI=1S/C12H22N2O2/c1-3-14(7-6-11(9-13)15-2)10-12-5-4-8-16-12/h4-5,8,11H,3,6-7,9-10,13H2,1-2H3. The van der Waals surface area contributed by atoms with Gasteiger partial charge in [0, 0.05) is 20.2 Å². The third kappa shape index (κ3) is 4.35. The van der Waals surface area contributed by atoms with Crippen LogP contribution < -0.4 is 5.73 Å². The molecular formula is C12H22N2O2. The van der Waals surface area contributed by atoms with E-state index in [2.05, 4.69) is 11.8 Å². The van der Waals surface area contributed by atoms with E-state index in [4.69, 9.17) is 14.9 Å². The fourth-order valence-electron chi connectivity index (χ4n) is 1.63. The quantitative estimate of drug-likeness (QED) is 0.729. The van der Waals surface area contributed by atoms with Crippen molar-refractivity contribution in [3.8, 4) is 0 Å². The van der Waals surface area contributed by atoms with Gasteiger partial charge in [-0.05, 0) is 25.1 Å². The average Bonchev–Trinajstić information content (AvgIpc) is 2.81. The van der Waals surface area contributed by atoms with Crippen molar-refractivity contribution >= 4 is 0 Å². The number of nitrogens with two attached hydrogens (primary N) is 1. The SMILES string of the molecule is CCN(CCC(CN)OC)Cc1ccco1. The van der Waals surface area contributed by atoms with Crippen LogP contribution in [0.2, 0.25) is 0 Å². The second kappa shape index (κ2) is 7.44. The van der Waals surface area contributed by atoms with Gasteiger partial charge in [0.2, 0.25) is 0 Å². The number of rotatable bonds is 8. The Labute approximate surface area is 97.4 Å². The van der Waals surface area contributed by atoms with Crippen LogP contribution >= 0.6 is 0 Å². The molecule has 4 nitrogen and oxygen atoms in total. The molecule has 1 heterocycles. The summed E-state index contributed by atoms with van der Waals surface area (Å²) in [4.78, 5) is 2.32. The molecule has 1 aromatic rings. The Hall–Kier alpha value is -0.840. The van der Waals surface area contributed by atoms with Crippen LogP contribution in [0.25, 0.3) is 0 Å². The first kappa shape index (κ1) is 13.2. The molecule has 0 spiro atoms. The zero-order valence-electron chi connectivity index (χ0n) is 10.2. The van der Waals surface area contributed by atoms with E-state index in [1.54, 1.807) is 13.4 Å². The van der Waals surface area contributed by atoms with Crippen molar-refractivity contribution in [1.82, 2.24) is 4.90 Å². The van der Waals surface area contributed by atoms with Crippen molar-refractivity contribution in [2.24, 2.45) is 5.73 Å². The molecule has 0 aromatic carbocycles. The predicted molar refractivity (Wildman–Crippen MR) is 64.1 cm³/mol. The van der Waals surface area contributed by atoms with E-state index in [0.717, 1.165) is 31.8 Å². The number of methoxy groups -OCH3 is 1. The normalized spacial score (nSPS) is 13.2. The molecule has 1 aromatic heterocycles. The van der Waals surface area contributed by atoms with Crippen LogP contribution in [-0.2, 0) is 11.3 Å². The Morgan fingerprint density at radius 3 is 2.88 bits per heavy atom. The molecule has 0 fully saturated rings. The third-order valence-corrected chi connectivity index (χ3v) is 2.77. The van der Waals surface area contributed by atoms with Gasteiger partial charge in [0.1, 0.15) is 5.76 Å². The van der Waals surface area contributed by atoms with Crippen molar-refractivity contribution in [1.29, 1.82) is 0 Å². The largest absolute Gasteiger partial charge is 0.468 e. The van der Waals surface area contributed by atoms with Gasteiger partial charge in [-0.1, -0.05) is 6.92 Å². The number of hydrogen-bond acceptors (Lipinski definition) is 4. The van der Waals surface area contributed by atoms with Crippen molar-refractivity contribution in [3.63, 3.8) is 0 Å². The lowest BCUT2D eigenvalue weighted by Crippen LogP contribution is -2.30. The smallest absolute Gasteiger partial charge is 0.117 e. The molecule has 0 aliphatic heterocycles. The highest BCUT2D eigenvalue weighted by Gasteiger charge is 2.09. The summed E-state index contributed by atoms with van der Waals surface area (Å²) >= 11 is 0. The first-order chi connectivity index (χ1) is 7.80. The van der Waals surface area contributed by atoms with Crippen LogP contribution in [0.15, 0.2) is 22.8 Å². The second-order valence-corrected chi connectivity index (χ2v) is 3.83. The minimum absolute atomic E-state index is 0.158. The maximum absolute atomic E-state index is 5.58. The van der Waals surface area contributed by atoms with Gasteiger partial charge >= 0.3 is 0 Å². The summed E-state index contributed by atoms with van der Waals surface area (Å²) < 4.78 is 10.6. The first-order valence-corrected chi connectivity index (χ1v) is 5.77. The lowest BCUT2D eigenvalue weighted by atomic mass is 10.2. The number of nitrogens with zero attached hydrogens (tertiary/aromatic N) is 1. The lowest BCUT2D eigenvalue weighted by molar-refractivity contribution is 0.0880. The van der Waals surface area contributed by atoms with Crippen LogP contribution in [0.4, 0.5) is 0 Å². The van der Waals surface area contributed by atoms with Gasteiger partial charge in [-0.15, -0.1) is 0 Å². The fraction of sp³-hybridized carbons (Fsp3) is 0.667. The third-order valence-electron chi connectivity index (χ3n) is 2.77. The Kier molecular flexibility index (Phi) is 6.15. The molecular weight excluding hydrogens is 204 g/mol. The molecule has 1 atom stereocenters. The molecule has 16 heavy (non-hydrogen) atoms. The summed E-state index contributed by atoms with van der Waals surface area (Å²) in [7, 11) is 1.71. The zero-order chi connectivity index (χ0) is 11.8. The van der Waals surface area contributed by atoms with Crippen molar-refractivity contribution in [2.75, 3.05) is 26.7 Å². The van der Waals surface area contributed by atoms with Crippen LogP contribution in [-0.4, -0.2) is 37.7 Å². The highest BCUT2D eigenvalue weighted by molar-refractivity contribution is 4.97. The molecule has 2 N–H and O–H groups in total. The Morgan fingerprint density at radius 1 is 1.56 bits per heavy atom. The zero-order valence-corrected chi connectivity index (χ0v) is 10.2. The molecule has 1 rings (SSSR count). The Balaban J connectivity index is 2.31. The molecule has 0 aliphatic carbocycles. The van der Waals surface area contributed by atoms with Crippen molar-refractivity contribution in [3.05, 3.63) is 24.2 Å². The molecule has 1 unspecified atom stereocenters. The monoisotopic (exact) mass is 226 g/mol. The van der Waals surface area contributed by atoms with Crippen LogP contribution in [0.3, 0.4) is 0 Å². The molecule has 0 saturated heterocycles. The van der Waals surface area contributed by atoms with E-state index < -0.39 is 0 Å². The molecule has 92 valence electrons. The highest BCUT2D eigenvalue weighted by atomic mass is 16.5. The summed E-state index contributed by atoms with van der Waals surface area (Å²) in [5.41, 5.74) is 5.58. The fourth-order valence-corrected chi connectivity index (χ4v) is 1.63.